The first-order valence-corrected chi connectivity index (χ1v) is 8.29. The first-order valence-electron chi connectivity index (χ1n) is 8.29. The Morgan fingerprint density at radius 1 is 1.29 bits per heavy atom. The number of ketones is 1. The van der Waals surface area contributed by atoms with Crippen LogP contribution in [0.25, 0.3) is 0 Å². The maximum absolute atomic E-state index is 12.0. The summed E-state index contributed by atoms with van der Waals surface area (Å²) in [6.45, 7) is 7.15. The van der Waals surface area contributed by atoms with Gasteiger partial charge in [-0.3, -0.25) is 14.9 Å². The van der Waals surface area contributed by atoms with Gasteiger partial charge in [0.2, 0.25) is 0 Å². The number of amidine groups is 1. The zero-order valence-electron chi connectivity index (χ0n) is 15.3. The Bertz CT molecular complexity index is 1020. The molecule has 2 aromatic rings. The van der Waals surface area contributed by atoms with E-state index in [0.29, 0.717) is 28.3 Å². The van der Waals surface area contributed by atoms with Crippen LogP contribution in [0, 0.1) is 17.0 Å². The number of aliphatic imine (C=N–C) groups is 1. The summed E-state index contributed by atoms with van der Waals surface area (Å²) in [5.41, 5.74) is 5.07. The Balaban J connectivity index is 1.71. The molecule has 1 aliphatic rings. The molecule has 1 aliphatic heterocycles. The molecule has 0 aromatic heterocycles. The fourth-order valence-electron chi connectivity index (χ4n) is 2.48. The molecule has 0 saturated carbocycles. The van der Waals surface area contributed by atoms with Crippen molar-refractivity contribution in [3.8, 4) is 5.75 Å². The molecule has 0 amide bonds. The number of aryl methyl sites for hydroxylation is 1. The average molecular weight is 379 g/mol. The van der Waals surface area contributed by atoms with Crippen molar-refractivity contribution < 1.29 is 19.3 Å². The van der Waals surface area contributed by atoms with Gasteiger partial charge in [-0.2, -0.15) is 4.99 Å². The zero-order valence-corrected chi connectivity index (χ0v) is 15.3. The van der Waals surface area contributed by atoms with Crippen LogP contribution < -0.4 is 10.2 Å². The van der Waals surface area contributed by atoms with Gasteiger partial charge in [0.05, 0.1) is 4.92 Å². The molecule has 0 bridgehead atoms. The van der Waals surface area contributed by atoms with Gasteiger partial charge in [-0.1, -0.05) is 6.58 Å². The third-order valence-corrected chi connectivity index (χ3v) is 3.95. The van der Waals surface area contributed by atoms with Crippen LogP contribution in [0.15, 0.2) is 71.8 Å². The molecule has 0 spiro atoms. The molecule has 0 aliphatic carbocycles. The minimum absolute atomic E-state index is 0.00805. The molecule has 0 radical (unpaired) electrons. The van der Waals surface area contributed by atoms with Crippen LogP contribution in [0.4, 0.5) is 5.69 Å². The maximum Gasteiger partial charge on any atom is 0.283 e. The molecule has 2 aromatic carbocycles. The molecule has 0 atom stereocenters. The highest BCUT2D eigenvalue weighted by Crippen LogP contribution is 2.21. The lowest BCUT2D eigenvalue weighted by molar-refractivity contribution is -0.384. The second kappa shape index (κ2) is 7.75. The summed E-state index contributed by atoms with van der Waals surface area (Å²) in [5, 5.41) is 10.7. The quantitative estimate of drug-likeness (QED) is 0.269. The van der Waals surface area contributed by atoms with E-state index in [-0.39, 0.29) is 17.4 Å². The number of hydrogen-bond acceptors (Lipinski definition) is 7. The van der Waals surface area contributed by atoms with Crippen molar-refractivity contribution in [3.63, 3.8) is 0 Å². The van der Waals surface area contributed by atoms with Crippen molar-refractivity contribution >= 4 is 17.3 Å². The summed E-state index contributed by atoms with van der Waals surface area (Å²) in [7, 11) is 0. The average Bonchev–Trinajstić information content (AvgIpc) is 3.15. The second-order valence-corrected chi connectivity index (χ2v) is 6.13. The fraction of sp³-hybridized carbons (Fsp3) is 0.100. The highest BCUT2D eigenvalue weighted by atomic mass is 16.7. The number of Topliss-reactive ketones (excluding diaryl/α,β-unsaturated/α-hetero) is 1. The second-order valence-electron chi connectivity index (χ2n) is 6.13. The number of hydrogen-bond donors (Lipinski definition) is 1. The predicted octanol–water partition coefficient (Wildman–Crippen LogP) is 3.82. The largest absolute Gasteiger partial charge is 0.459 e. The SMILES string of the molecule is C=C(C)C(=O)c1ccc(OC=C2N=C(c3ccc([N+](=O)[O-])cc3)NO2)cc1C. The van der Waals surface area contributed by atoms with Gasteiger partial charge in [-0.05, 0) is 55.3 Å². The molecule has 3 rings (SSSR count). The van der Waals surface area contributed by atoms with Crippen LogP contribution >= 0.6 is 0 Å². The smallest absolute Gasteiger partial charge is 0.283 e. The van der Waals surface area contributed by atoms with E-state index < -0.39 is 4.92 Å². The number of benzene rings is 2. The first-order chi connectivity index (χ1) is 13.3. The highest BCUT2D eigenvalue weighted by Gasteiger charge is 2.16. The minimum Gasteiger partial charge on any atom is -0.459 e. The third kappa shape index (κ3) is 4.07. The number of carbonyl (C=O) groups is 1. The Hall–Kier alpha value is -3.94. The number of rotatable bonds is 6. The molecule has 1 heterocycles. The van der Waals surface area contributed by atoms with Gasteiger partial charge in [0.25, 0.3) is 11.6 Å². The number of allylic oxidation sites excluding steroid dienone is 1. The van der Waals surface area contributed by atoms with Crippen LogP contribution in [0.1, 0.15) is 28.4 Å². The number of carbonyl (C=O) groups excluding carboxylic acids is 1. The minimum atomic E-state index is -0.472. The monoisotopic (exact) mass is 379 g/mol. The van der Waals surface area contributed by atoms with Crippen molar-refractivity contribution in [2.45, 2.75) is 13.8 Å². The van der Waals surface area contributed by atoms with E-state index in [9.17, 15) is 14.9 Å². The Morgan fingerprint density at radius 3 is 2.61 bits per heavy atom. The lowest BCUT2D eigenvalue weighted by Crippen LogP contribution is -2.17. The van der Waals surface area contributed by atoms with Crippen LogP contribution in [-0.2, 0) is 4.84 Å². The molecule has 8 heteroatoms. The van der Waals surface area contributed by atoms with Crippen molar-refractivity contribution in [2.24, 2.45) is 4.99 Å². The Morgan fingerprint density at radius 2 is 2.00 bits per heavy atom. The van der Waals surface area contributed by atoms with Gasteiger partial charge in [-0.25, -0.2) is 5.48 Å². The van der Waals surface area contributed by atoms with E-state index in [1.807, 2.05) is 6.92 Å². The normalized spacial score (nSPS) is 14.1. The predicted molar refractivity (Wildman–Crippen MR) is 103 cm³/mol. The number of nitro benzene ring substituents is 1. The molecule has 1 N–H and O–H groups in total. The van der Waals surface area contributed by atoms with Gasteiger partial charge < -0.3 is 9.57 Å². The molecular formula is C20H17N3O5. The van der Waals surface area contributed by atoms with Crippen molar-refractivity contribution in [1.82, 2.24) is 5.48 Å². The molecule has 0 unspecified atom stereocenters. The van der Waals surface area contributed by atoms with Crippen molar-refractivity contribution in [3.05, 3.63) is 93.6 Å². The summed E-state index contributed by atoms with van der Waals surface area (Å²) in [5.74, 6) is 1.00. The van der Waals surface area contributed by atoms with Crippen LogP contribution in [0.3, 0.4) is 0 Å². The van der Waals surface area contributed by atoms with Crippen LogP contribution in [0.2, 0.25) is 0 Å². The number of nitro groups is 1. The third-order valence-electron chi connectivity index (χ3n) is 3.95. The number of nitrogens with zero attached hydrogens (tertiary/aromatic N) is 2. The Kier molecular flexibility index (Phi) is 5.21. The topological polar surface area (TPSA) is 103 Å². The number of nitrogens with one attached hydrogen (secondary N) is 1. The van der Waals surface area contributed by atoms with E-state index in [0.717, 1.165) is 5.56 Å². The fourth-order valence-corrected chi connectivity index (χ4v) is 2.48. The van der Waals surface area contributed by atoms with Gasteiger partial charge in [0, 0.05) is 23.3 Å². The summed E-state index contributed by atoms with van der Waals surface area (Å²) in [6.07, 6.45) is 1.32. The summed E-state index contributed by atoms with van der Waals surface area (Å²) in [6, 6.07) is 11.0. The molecule has 142 valence electrons. The molecule has 0 saturated heterocycles. The lowest BCUT2D eigenvalue weighted by atomic mass is 10.0. The van der Waals surface area contributed by atoms with Gasteiger partial charge in [0.1, 0.15) is 5.75 Å². The summed E-state index contributed by atoms with van der Waals surface area (Å²) in [4.78, 5) is 31.7. The van der Waals surface area contributed by atoms with Crippen LogP contribution in [0.5, 0.6) is 5.75 Å². The standard InChI is InChI=1S/C20H17N3O5/c1-12(2)19(24)17-9-8-16(10-13(17)3)27-11-18-21-20(22-28-18)14-4-6-15(7-5-14)23(25)26/h4-11H,1H2,2-3H3,(H,21,22). The first kappa shape index (κ1) is 18.8. The van der Waals surface area contributed by atoms with E-state index in [1.54, 1.807) is 37.3 Å². The van der Waals surface area contributed by atoms with Crippen molar-refractivity contribution in [1.29, 1.82) is 0 Å². The zero-order chi connectivity index (χ0) is 20.3. The van der Waals surface area contributed by atoms with Gasteiger partial charge >= 0.3 is 0 Å². The van der Waals surface area contributed by atoms with E-state index in [2.05, 4.69) is 17.1 Å². The molecule has 8 nitrogen and oxygen atoms in total. The number of non-ortho nitro benzene ring substituents is 1. The molecule has 0 fully saturated rings. The number of ether oxygens (including phenoxy) is 1. The summed E-state index contributed by atoms with van der Waals surface area (Å²) >= 11 is 0. The number of hydroxylamine groups is 1. The van der Waals surface area contributed by atoms with E-state index in [1.165, 1.54) is 18.4 Å². The highest BCUT2D eigenvalue weighted by molar-refractivity contribution is 6.08. The van der Waals surface area contributed by atoms with Crippen molar-refractivity contribution in [2.75, 3.05) is 0 Å². The Labute approximate surface area is 160 Å². The molecular weight excluding hydrogens is 362 g/mol. The maximum atomic E-state index is 12.0. The summed E-state index contributed by atoms with van der Waals surface area (Å²) < 4.78 is 5.54. The van der Waals surface area contributed by atoms with Gasteiger partial charge in [0.15, 0.2) is 17.9 Å². The van der Waals surface area contributed by atoms with E-state index in [4.69, 9.17) is 9.57 Å². The van der Waals surface area contributed by atoms with Gasteiger partial charge in [-0.15, -0.1) is 0 Å². The van der Waals surface area contributed by atoms with Crippen LogP contribution in [-0.4, -0.2) is 16.5 Å². The molecule has 28 heavy (non-hydrogen) atoms. The lowest BCUT2D eigenvalue weighted by Gasteiger charge is -2.07. The van der Waals surface area contributed by atoms with E-state index >= 15 is 0 Å².